The molecule has 0 aliphatic rings. The van der Waals surface area contributed by atoms with Gasteiger partial charge in [0.25, 0.3) is 6.33 Å². The number of pyridine rings is 1. The molecule has 6 nitrogen and oxygen atoms in total. The first kappa shape index (κ1) is 46.2. The van der Waals surface area contributed by atoms with Crippen LogP contribution in [0.3, 0.4) is 0 Å². The van der Waals surface area contributed by atoms with Crippen molar-refractivity contribution in [3.05, 3.63) is 205 Å². The number of hydrogen-bond donors (Lipinski definition) is 0. The van der Waals surface area contributed by atoms with Gasteiger partial charge in [-0.15, -0.1) is 34.8 Å². The van der Waals surface area contributed by atoms with Crippen molar-refractivity contribution in [2.24, 2.45) is 0 Å². The molecule has 0 saturated carbocycles. The number of para-hydroxylation sites is 2. The second kappa shape index (κ2) is 18.0. The van der Waals surface area contributed by atoms with Gasteiger partial charge in [0, 0.05) is 49.8 Å². The van der Waals surface area contributed by atoms with E-state index in [1.165, 1.54) is 16.7 Å². The zero-order valence-corrected chi connectivity index (χ0v) is 42.4. The second-order valence-electron chi connectivity index (χ2n) is 20.5. The molecule has 0 unspecified atom stereocenters. The Bertz CT molecular complexity index is 3350. The van der Waals surface area contributed by atoms with E-state index in [4.69, 9.17) is 14.8 Å². The van der Waals surface area contributed by atoms with E-state index >= 15 is 0 Å². The summed E-state index contributed by atoms with van der Waals surface area (Å²) >= 11 is 0. The van der Waals surface area contributed by atoms with Crippen molar-refractivity contribution in [1.29, 1.82) is 0 Å². The molecule has 0 atom stereocenters. The topological polar surface area (TPSA) is 48.8 Å². The zero-order valence-electron chi connectivity index (χ0n) is 40.1. The van der Waals surface area contributed by atoms with Gasteiger partial charge in [-0.1, -0.05) is 189 Å². The Morgan fingerprint density at radius 1 is 0.515 bits per heavy atom. The van der Waals surface area contributed by atoms with Gasteiger partial charge in [-0.3, -0.25) is 0 Å². The molecule has 0 bridgehead atoms. The van der Waals surface area contributed by atoms with Crippen molar-refractivity contribution < 1.29 is 30.5 Å². The average Bonchev–Trinajstić information content (AvgIpc) is 3.91. The van der Waals surface area contributed by atoms with Crippen molar-refractivity contribution >= 4 is 21.8 Å². The third-order valence-corrected chi connectivity index (χ3v) is 12.6. The first-order chi connectivity index (χ1) is 32.1. The van der Waals surface area contributed by atoms with Crippen LogP contribution in [0.4, 0.5) is 0 Å². The summed E-state index contributed by atoms with van der Waals surface area (Å²) in [7, 11) is 0. The minimum absolute atomic E-state index is 0. The van der Waals surface area contributed by atoms with Crippen molar-refractivity contribution in [3.8, 4) is 62.3 Å². The van der Waals surface area contributed by atoms with Crippen molar-refractivity contribution in [2.75, 3.05) is 0 Å². The molecule has 7 heteroatoms. The van der Waals surface area contributed by atoms with Gasteiger partial charge in [0.05, 0.1) is 5.69 Å². The summed E-state index contributed by atoms with van der Waals surface area (Å²) < 4.78 is 12.9. The number of hydrogen-bond acceptors (Lipinski definition) is 3. The molecule has 7 aromatic carbocycles. The Labute approximate surface area is 415 Å². The second-order valence-corrected chi connectivity index (χ2v) is 20.5. The number of nitrogens with zero attached hydrogens (tertiary/aromatic N) is 5. The summed E-state index contributed by atoms with van der Waals surface area (Å²) in [6.45, 7) is 20.3. The van der Waals surface area contributed by atoms with Crippen LogP contribution in [0.1, 0.15) is 79.0 Å². The van der Waals surface area contributed by atoms with E-state index in [2.05, 4.69) is 225 Å². The summed E-state index contributed by atoms with van der Waals surface area (Å²) in [6, 6.07) is 64.4. The van der Waals surface area contributed by atoms with E-state index in [0.29, 0.717) is 11.5 Å². The van der Waals surface area contributed by atoms with Crippen molar-refractivity contribution in [2.45, 2.75) is 78.6 Å². The van der Waals surface area contributed by atoms with Crippen LogP contribution < -0.4 is 9.42 Å². The Kier molecular flexibility index (Phi) is 12.2. The average molecular weight is 1070 g/mol. The van der Waals surface area contributed by atoms with Gasteiger partial charge >= 0.3 is 0 Å². The van der Waals surface area contributed by atoms with E-state index in [-0.39, 0.29) is 37.3 Å². The Balaban J connectivity index is 0.00000578. The number of aromatic nitrogens is 5. The monoisotopic (exact) mass is 1070 g/mol. The largest absolute Gasteiger partial charge is 0.510 e. The quantitative estimate of drug-likeness (QED) is 0.113. The smallest absolute Gasteiger partial charge is 0.272 e. The number of rotatable bonds is 8. The van der Waals surface area contributed by atoms with E-state index in [9.17, 15) is 0 Å². The Morgan fingerprint density at radius 3 is 1.74 bits per heavy atom. The summed E-state index contributed by atoms with van der Waals surface area (Å²) in [5.74, 6) is 2.68. The molecule has 0 saturated heterocycles. The molecule has 0 N–H and O–H groups in total. The molecule has 10 aromatic rings. The van der Waals surface area contributed by atoms with Gasteiger partial charge in [0.2, 0.25) is 0 Å². The molecule has 0 aliphatic carbocycles. The van der Waals surface area contributed by atoms with E-state index in [0.717, 1.165) is 72.6 Å². The molecule has 3 heterocycles. The van der Waals surface area contributed by atoms with Gasteiger partial charge in [-0.25, -0.2) is 4.98 Å². The summed E-state index contributed by atoms with van der Waals surface area (Å²) in [4.78, 5) is 4.88. The summed E-state index contributed by atoms with van der Waals surface area (Å²) in [6.07, 6.45) is 5.64. The van der Waals surface area contributed by atoms with Crippen molar-refractivity contribution in [1.82, 2.24) is 19.2 Å². The Hall–Kier alpha value is -6.88. The van der Waals surface area contributed by atoms with E-state index in [1.54, 1.807) is 0 Å². The number of fused-ring (bicyclic) bond motifs is 3. The van der Waals surface area contributed by atoms with Crippen LogP contribution in [0.25, 0.3) is 72.6 Å². The molecule has 0 aliphatic heterocycles. The van der Waals surface area contributed by atoms with E-state index < -0.39 is 0 Å². The fraction of sp³-hybridized carbons (Fsp3) is 0.197. The van der Waals surface area contributed by atoms with Crippen LogP contribution in [-0.2, 0) is 37.3 Å². The van der Waals surface area contributed by atoms with Crippen LogP contribution in [0.2, 0.25) is 0 Å². The molecule has 0 fully saturated rings. The standard InChI is InChI=1S/C61H55N5O.Pt/c1-59(2,3)44-32-33-62-56(37-44)66-54-29-17-16-26-52(54)53-31-30-49(39-55(53)66)67-48-25-18-24-47(38-48)64-40-65(63-58(64)43-34-45(60(4,5)6)36-46(35-43)61(7,8)9)57-50(41-20-12-10-13-21-41)27-19-28-51(57)42-22-14-11-15-23-42;/h10-37H,1-9H3;/q-2;. The minimum Gasteiger partial charge on any atom is -0.510 e. The van der Waals surface area contributed by atoms with Crippen LogP contribution in [0.15, 0.2) is 170 Å². The number of benzene rings is 7. The predicted molar refractivity (Wildman–Crippen MR) is 273 cm³/mol. The normalized spacial score (nSPS) is 12.1. The molecule has 10 rings (SSSR count). The minimum atomic E-state index is -0.109. The van der Waals surface area contributed by atoms with Gasteiger partial charge in [0.15, 0.2) is 5.82 Å². The van der Waals surface area contributed by atoms with Crippen LogP contribution in [-0.4, -0.2) is 19.2 Å². The maximum absolute atomic E-state index is 6.73. The molecular weight excluding hydrogens is 1010 g/mol. The number of ether oxygens (including phenoxy) is 1. The van der Waals surface area contributed by atoms with Gasteiger partial charge < -0.3 is 13.9 Å². The first-order valence-electron chi connectivity index (χ1n) is 23.1. The van der Waals surface area contributed by atoms with E-state index in [1.807, 2.05) is 39.7 Å². The molecular formula is C61H55N5OPt-2. The molecule has 68 heavy (non-hydrogen) atoms. The van der Waals surface area contributed by atoms with Gasteiger partial charge in [-0.05, 0) is 78.8 Å². The maximum Gasteiger partial charge on any atom is 0.272 e. The summed E-state index contributed by atoms with van der Waals surface area (Å²) in [5, 5.41) is 7.72. The molecule has 342 valence electrons. The fourth-order valence-corrected chi connectivity index (χ4v) is 8.78. The molecule has 0 amide bonds. The molecule has 3 aromatic heterocycles. The maximum atomic E-state index is 6.73. The predicted octanol–water partition coefficient (Wildman–Crippen LogP) is 14.7. The fourth-order valence-electron chi connectivity index (χ4n) is 8.78. The van der Waals surface area contributed by atoms with Crippen LogP contribution >= 0.6 is 0 Å². The van der Waals surface area contributed by atoms with Crippen LogP contribution in [0, 0.1) is 18.5 Å². The first-order valence-corrected chi connectivity index (χ1v) is 23.1. The third kappa shape index (κ3) is 8.98. The Morgan fingerprint density at radius 2 is 1.10 bits per heavy atom. The third-order valence-electron chi connectivity index (χ3n) is 12.6. The van der Waals surface area contributed by atoms with Gasteiger partial charge in [-0.2, -0.15) is 22.9 Å². The van der Waals surface area contributed by atoms with Crippen molar-refractivity contribution in [3.63, 3.8) is 0 Å². The van der Waals surface area contributed by atoms with Gasteiger partial charge in [0.1, 0.15) is 5.82 Å². The SMILES string of the molecule is CC(C)(C)c1cc(-c2n[n+](-c3c(-c4ccccc4)cccc3-c3ccccc3)[c-]n2-c2[c-]c(Oc3[c-]c4c(cc3)c3ccccc3n4-c3cc(C(C)(C)C)ccn3)ccc2)cc(C(C)(C)C)c1.[Pt]. The summed E-state index contributed by atoms with van der Waals surface area (Å²) in [5.41, 5.74) is 12.3. The molecule has 0 spiro atoms. The van der Waals surface area contributed by atoms with Crippen LogP contribution in [0.5, 0.6) is 11.5 Å². The molecule has 0 radical (unpaired) electrons. The zero-order chi connectivity index (χ0) is 46.7.